The number of para-hydroxylation sites is 4. The van der Waals surface area contributed by atoms with Crippen LogP contribution in [0.2, 0.25) is 0 Å². The maximum absolute atomic E-state index is 12.9. The van der Waals surface area contributed by atoms with Crippen molar-refractivity contribution >= 4 is 22.6 Å². The lowest BCUT2D eigenvalue weighted by Gasteiger charge is -2.23. The van der Waals surface area contributed by atoms with E-state index in [0.717, 1.165) is 36.3 Å². The van der Waals surface area contributed by atoms with E-state index < -0.39 is 0 Å². The van der Waals surface area contributed by atoms with E-state index >= 15 is 0 Å². The highest BCUT2D eigenvalue weighted by molar-refractivity contribution is 5.93. The first-order valence-corrected chi connectivity index (χ1v) is 10.7. The highest BCUT2D eigenvalue weighted by Crippen LogP contribution is 2.26. The quantitative estimate of drug-likeness (QED) is 0.623. The average Bonchev–Trinajstić information content (AvgIpc) is 3.09. The molecule has 1 fully saturated rings. The van der Waals surface area contributed by atoms with Gasteiger partial charge in [-0.2, -0.15) is 0 Å². The first-order chi connectivity index (χ1) is 14.6. The number of carbonyl (C=O) groups excluding carboxylic acids is 1. The SMILES string of the molecule is Cc1nc2ccccc2n1C[C@@H](C)C(=O)Nc1ccccc1OC[C@H]1CCCCO1. The van der Waals surface area contributed by atoms with E-state index in [1.54, 1.807) is 0 Å². The Labute approximate surface area is 177 Å². The van der Waals surface area contributed by atoms with Crippen molar-refractivity contribution in [3.8, 4) is 5.75 Å². The number of imidazole rings is 1. The van der Waals surface area contributed by atoms with E-state index in [9.17, 15) is 4.79 Å². The molecule has 2 atom stereocenters. The van der Waals surface area contributed by atoms with Crippen LogP contribution in [0, 0.1) is 12.8 Å². The van der Waals surface area contributed by atoms with Crippen molar-refractivity contribution in [3.63, 3.8) is 0 Å². The van der Waals surface area contributed by atoms with E-state index in [0.29, 0.717) is 24.6 Å². The van der Waals surface area contributed by atoms with Crippen LogP contribution in [-0.2, 0) is 16.1 Å². The number of aromatic nitrogens is 2. The number of hydrogen-bond acceptors (Lipinski definition) is 4. The van der Waals surface area contributed by atoms with Crippen LogP contribution in [0.25, 0.3) is 11.0 Å². The van der Waals surface area contributed by atoms with E-state index in [4.69, 9.17) is 9.47 Å². The molecule has 6 nitrogen and oxygen atoms in total. The van der Waals surface area contributed by atoms with Crippen LogP contribution in [-0.4, -0.2) is 34.8 Å². The summed E-state index contributed by atoms with van der Waals surface area (Å²) in [6.45, 7) is 5.77. The summed E-state index contributed by atoms with van der Waals surface area (Å²) >= 11 is 0. The molecule has 4 rings (SSSR count). The van der Waals surface area contributed by atoms with Crippen molar-refractivity contribution in [3.05, 3.63) is 54.4 Å². The number of nitrogens with one attached hydrogen (secondary N) is 1. The number of nitrogens with zero attached hydrogens (tertiary/aromatic N) is 2. The van der Waals surface area contributed by atoms with Gasteiger partial charge < -0.3 is 19.4 Å². The lowest BCUT2D eigenvalue weighted by atomic mass is 10.1. The molecule has 1 aliphatic heterocycles. The largest absolute Gasteiger partial charge is 0.489 e. The van der Waals surface area contributed by atoms with Gasteiger partial charge in [0.15, 0.2) is 0 Å². The number of amides is 1. The first kappa shape index (κ1) is 20.4. The number of carbonyl (C=O) groups is 1. The smallest absolute Gasteiger partial charge is 0.229 e. The summed E-state index contributed by atoms with van der Waals surface area (Å²) in [6.07, 6.45) is 3.43. The zero-order valence-electron chi connectivity index (χ0n) is 17.6. The number of hydrogen-bond donors (Lipinski definition) is 1. The second kappa shape index (κ2) is 9.30. The molecule has 2 aromatic carbocycles. The molecule has 158 valence electrons. The number of ether oxygens (including phenoxy) is 2. The highest BCUT2D eigenvalue weighted by Gasteiger charge is 2.19. The Morgan fingerprint density at radius 2 is 2.03 bits per heavy atom. The van der Waals surface area contributed by atoms with Gasteiger partial charge in [-0.1, -0.05) is 31.2 Å². The summed E-state index contributed by atoms with van der Waals surface area (Å²) in [6, 6.07) is 15.6. The summed E-state index contributed by atoms with van der Waals surface area (Å²) in [5.41, 5.74) is 2.69. The molecule has 0 radical (unpaired) electrons. The number of aryl methyl sites for hydroxylation is 1. The van der Waals surface area contributed by atoms with Crippen molar-refractivity contribution in [2.45, 2.75) is 45.8 Å². The molecule has 6 heteroatoms. The van der Waals surface area contributed by atoms with Crippen molar-refractivity contribution in [1.29, 1.82) is 0 Å². The van der Waals surface area contributed by atoms with Crippen LogP contribution in [0.1, 0.15) is 32.0 Å². The number of anilines is 1. The molecule has 1 aliphatic rings. The number of rotatable bonds is 7. The normalized spacial score (nSPS) is 17.6. The zero-order chi connectivity index (χ0) is 20.9. The van der Waals surface area contributed by atoms with Crippen LogP contribution in [0.4, 0.5) is 5.69 Å². The van der Waals surface area contributed by atoms with Crippen molar-refractivity contribution in [1.82, 2.24) is 9.55 Å². The van der Waals surface area contributed by atoms with Gasteiger partial charge in [0.1, 0.15) is 18.2 Å². The lowest BCUT2D eigenvalue weighted by Crippen LogP contribution is -2.27. The molecule has 0 saturated carbocycles. The van der Waals surface area contributed by atoms with Crippen molar-refractivity contribution < 1.29 is 14.3 Å². The van der Waals surface area contributed by atoms with Crippen LogP contribution >= 0.6 is 0 Å². The Balaban J connectivity index is 1.41. The average molecular weight is 408 g/mol. The highest BCUT2D eigenvalue weighted by atomic mass is 16.5. The maximum Gasteiger partial charge on any atom is 0.229 e. The fraction of sp³-hybridized carbons (Fsp3) is 0.417. The van der Waals surface area contributed by atoms with Gasteiger partial charge in [0.05, 0.1) is 28.7 Å². The molecule has 1 N–H and O–H groups in total. The molecule has 1 aromatic heterocycles. The molecule has 1 amide bonds. The maximum atomic E-state index is 12.9. The van der Waals surface area contributed by atoms with Crippen molar-refractivity contribution in [2.75, 3.05) is 18.5 Å². The molecule has 30 heavy (non-hydrogen) atoms. The molecule has 0 bridgehead atoms. The molecular formula is C24H29N3O3. The Hall–Kier alpha value is -2.86. The minimum absolute atomic E-state index is 0.0443. The summed E-state index contributed by atoms with van der Waals surface area (Å²) in [5, 5.41) is 3.04. The molecular weight excluding hydrogens is 378 g/mol. The molecule has 2 heterocycles. The first-order valence-electron chi connectivity index (χ1n) is 10.7. The minimum Gasteiger partial charge on any atom is -0.489 e. The zero-order valence-corrected chi connectivity index (χ0v) is 17.6. The Morgan fingerprint density at radius 3 is 2.87 bits per heavy atom. The third-order valence-electron chi connectivity index (χ3n) is 5.59. The number of benzene rings is 2. The van der Waals surface area contributed by atoms with Crippen LogP contribution in [0.5, 0.6) is 5.75 Å². The van der Waals surface area contributed by atoms with Gasteiger partial charge in [-0.05, 0) is 50.5 Å². The lowest BCUT2D eigenvalue weighted by molar-refractivity contribution is -0.119. The Kier molecular flexibility index (Phi) is 6.33. The van der Waals surface area contributed by atoms with Gasteiger partial charge in [0.25, 0.3) is 0 Å². The molecule has 0 spiro atoms. The second-order valence-electron chi connectivity index (χ2n) is 7.94. The van der Waals surface area contributed by atoms with Crippen LogP contribution < -0.4 is 10.1 Å². The van der Waals surface area contributed by atoms with Crippen LogP contribution in [0.3, 0.4) is 0 Å². The summed E-state index contributed by atoms with van der Waals surface area (Å²) < 4.78 is 13.8. The summed E-state index contributed by atoms with van der Waals surface area (Å²) in [5.74, 6) is 1.32. The monoisotopic (exact) mass is 407 g/mol. The third kappa shape index (κ3) is 4.65. The minimum atomic E-state index is -0.226. The Bertz CT molecular complexity index is 1010. The topological polar surface area (TPSA) is 65.4 Å². The van der Waals surface area contributed by atoms with E-state index in [1.807, 2.05) is 62.4 Å². The van der Waals surface area contributed by atoms with Gasteiger partial charge in [-0.3, -0.25) is 4.79 Å². The van der Waals surface area contributed by atoms with Crippen molar-refractivity contribution in [2.24, 2.45) is 5.92 Å². The second-order valence-corrected chi connectivity index (χ2v) is 7.94. The fourth-order valence-corrected chi connectivity index (χ4v) is 3.86. The van der Waals surface area contributed by atoms with Gasteiger partial charge in [0.2, 0.25) is 5.91 Å². The van der Waals surface area contributed by atoms with E-state index in [-0.39, 0.29) is 17.9 Å². The Morgan fingerprint density at radius 1 is 1.23 bits per heavy atom. The van der Waals surface area contributed by atoms with Gasteiger partial charge in [-0.15, -0.1) is 0 Å². The van der Waals surface area contributed by atoms with E-state index in [1.165, 1.54) is 6.42 Å². The van der Waals surface area contributed by atoms with Gasteiger partial charge in [0, 0.05) is 13.2 Å². The molecule has 1 saturated heterocycles. The van der Waals surface area contributed by atoms with E-state index in [2.05, 4.69) is 14.9 Å². The fourth-order valence-electron chi connectivity index (χ4n) is 3.86. The summed E-state index contributed by atoms with van der Waals surface area (Å²) in [7, 11) is 0. The van der Waals surface area contributed by atoms with Crippen LogP contribution in [0.15, 0.2) is 48.5 Å². The van der Waals surface area contributed by atoms with Gasteiger partial charge >= 0.3 is 0 Å². The predicted molar refractivity (Wildman–Crippen MR) is 118 cm³/mol. The standard InChI is InChI=1S/C24H29N3O3/c1-17(15-27-18(2)25-20-10-3-5-12-22(20)27)24(28)26-21-11-4-6-13-23(21)30-16-19-9-7-8-14-29-19/h3-6,10-13,17,19H,7-9,14-16H2,1-2H3,(H,26,28)/t17-,19-/m1/s1. The molecule has 0 unspecified atom stereocenters. The molecule has 0 aliphatic carbocycles. The molecule has 3 aromatic rings. The predicted octanol–water partition coefficient (Wildman–Crippen LogP) is 4.57. The number of fused-ring (bicyclic) bond motifs is 1. The third-order valence-corrected chi connectivity index (χ3v) is 5.59. The summed E-state index contributed by atoms with van der Waals surface area (Å²) in [4.78, 5) is 17.5. The van der Waals surface area contributed by atoms with Gasteiger partial charge in [-0.25, -0.2) is 4.98 Å².